The Hall–Kier alpha value is -1.47. The van der Waals surface area contributed by atoms with E-state index in [0.717, 1.165) is 25.9 Å². The van der Waals surface area contributed by atoms with Gasteiger partial charge in [-0.1, -0.05) is 5.21 Å². The van der Waals surface area contributed by atoms with Crippen molar-refractivity contribution in [3.8, 4) is 0 Å². The Kier molecular flexibility index (Phi) is 3.00. The van der Waals surface area contributed by atoms with E-state index in [2.05, 4.69) is 15.6 Å². The molecule has 1 aromatic heterocycles. The van der Waals surface area contributed by atoms with Crippen molar-refractivity contribution in [1.29, 1.82) is 0 Å². The lowest BCUT2D eigenvalue weighted by Gasteiger charge is -2.26. The third kappa shape index (κ3) is 1.89. The first-order valence-electron chi connectivity index (χ1n) is 6.34. The Balaban J connectivity index is 1.73. The minimum Gasteiger partial charge on any atom is -0.394 e. The Morgan fingerprint density at radius 3 is 3.06 bits per heavy atom. The summed E-state index contributed by atoms with van der Waals surface area (Å²) in [5.41, 5.74) is 0.377. The predicted octanol–water partition coefficient (Wildman–Crippen LogP) is -0.981. The number of rotatable bonds is 3. The van der Waals surface area contributed by atoms with E-state index in [1.165, 1.54) is 0 Å². The highest BCUT2D eigenvalue weighted by atomic mass is 16.3. The lowest BCUT2D eigenvalue weighted by atomic mass is 10.2. The third-order valence-corrected chi connectivity index (χ3v) is 3.71. The minimum atomic E-state index is -0.120. The molecule has 0 bridgehead atoms. The summed E-state index contributed by atoms with van der Waals surface area (Å²) in [6, 6.07) is 0.249. The fourth-order valence-corrected chi connectivity index (χ4v) is 2.45. The van der Waals surface area contributed by atoms with Gasteiger partial charge in [0, 0.05) is 19.6 Å². The Morgan fingerprint density at radius 2 is 2.39 bits per heavy atom. The van der Waals surface area contributed by atoms with Gasteiger partial charge >= 0.3 is 0 Å². The van der Waals surface area contributed by atoms with Crippen molar-refractivity contribution in [3.63, 3.8) is 0 Å². The van der Waals surface area contributed by atoms with Gasteiger partial charge in [0.25, 0.3) is 5.91 Å². The van der Waals surface area contributed by atoms with Gasteiger partial charge in [0.1, 0.15) is 0 Å². The van der Waals surface area contributed by atoms with Crippen molar-refractivity contribution in [3.05, 3.63) is 11.9 Å². The molecule has 0 aromatic carbocycles. The van der Waals surface area contributed by atoms with E-state index >= 15 is 0 Å². The van der Waals surface area contributed by atoms with Crippen LogP contribution in [0.25, 0.3) is 0 Å². The molecule has 0 radical (unpaired) electrons. The molecule has 1 atom stereocenters. The zero-order valence-corrected chi connectivity index (χ0v) is 10.1. The Morgan fingerprint density at radius 1 is 1.56 bits per heavy atom. The maximum atomic E-state index is 12.2. The molecule has 2 saturated heterocycles. The fraction of sp³-hybridized carbons (Fsp3) is 0.727. The SMILES string of the molecule is O=C(c1cn(C2CNC2)nn1)N1CCCC1CO. The van der Waals surface area contributed by atoms with E-state index in [1.54, 1.807) is 15.8 Å². The minimum absolute atomic E-state index is 0.0203. The van der Waals surface area contributed by atoms with Crippen molar-refractivity contribution in [2.45, 2.75) is 24.9 Å². The molecule has 2 aliphatic heterocycles. The van der Waals surface area contributed by atoms with Crippen molar-refractivity contribution >= 4 is 5.91 Å². The van der Waals surface area contributed by atoms with Gasteiger partial charge in [-0.15, -0.1) is 5.10 Å². The number of aliphatic hydroxyl groups excluding tert-OH is 1. The molecule has 3 rings (SSSR count). The van der Waals surface area contributed by atoms with Crippen molar-refractivity contribution in [2.24, 2.45) is 0 Å². The van der Waals surface area contributed by atoms with Crippen LogP contribution in [0.15, 0.2) is 6.20 Å². The van der Waals surface area contributed by atoms with Gasteiger partial charge in [0.2, 0.25) is 0 Å². The highest BCUT2D eigenvalue weighted by molar-refractivity contribution is 5.92. The molecule has 2 aliphatic rings. The van der Waals surface area contributed by atoms with E-state index in [1.807, 2.05) is 0 Å². The molecule has 0 aliphatic carbocycles. The number of carbonyl (C=O) groups excluding carboxylic acids is 1. The molecular formula is C11H17N5O2. The molecule has 7 heteroatoms. The summed E-state index contributed by atoms with van der Waals surface area (Å²) < 4.78 is 1.74. The van der Waals surface area contributed by atoms with Crippen LogP contribution in [0.1, 0.15) is 29.4 Å². The molecule has 2 N–H and O–H groups in total. The number of nitrogens with zero attached hydrogens (tertiary/aromatic N) is 4. The number of carbonyl (C=O) groups is 1. The van der Waals surface area contributed by atoms with Gasteiger partial charge in [-0.2, -0.15) is 0 Å². The van der Waals surface area contributed by atoms with Crippen LogP contribution in [0.5, 0.6) is 0 Å². The topological polar surface area (TPSA) is 83.3 Å². The first-order chi connectivity index (χ1) is 8.79. The number of amides is 1. The molecular weight excluding hydrogens is 234 g/mol. The van der Waals surface area contributed by atoms with Crippen LogP contribution in [0.4, 0.5) is 0 Å². The lowest BCUT2D eigenvalue weighted by Crippen LogP contribution is -2.43. The van der Waals surface area contributed by atoms with Crippen LogP contribution in [-0.2, 0) is 0 Å². The van der Waals surface area contributed by atoms with Crippen LogP contribution in [0.3, 0.4) is 0 Å². The van der Waals surface area contributed by atoms with Gasteiger partial charge in [-0.05, 0) is 12.8 Å². The maximum absolute atomic E-state index is 12.2. The molecule has 1 unspecified atom stereocenters. The second-order valence-corrected chi connectivity index (χ2v) is 4.87. The number of aromatic nitrogens is 3. The maximum Gasteiger partial charge on any atom is 0.276 e. The highest BCUT2D eigenvalue weighted by Gasteiger charge is 2.31. The molecule has 2 fully saturated rings. The normalized spacial score (nSPS) is 24.3. The first-order valence-corrected chi connectivity index (χ1v) is 6.34. The summed E-state index contributed by atoms with van der Waals surface area (Å²) in [5.74, 6) is -0.120. The Labute approximate surface area is 105 Å². The second kappa shape index (κ2) is 4.66. The molecule has 3 heterocycles. The highest BCUT2D eigenvalue weighted by Crippen LogP contribution is 2.19. The average Bonchev–Trinajstić information content (AvgIpc) is 2.93. The summed E-state index contributed by atoms with van der Waals surface area (Å²) in [5, 5.41) is 20.3. The van der Waals surface area contributed by atoms with Crippen LogP contribution in [0.2, 0.25) is 0 Å². The molecule has 0 spiro atoms. The number of aliphatic hydroxyl groups is 1. The van der Waals surface area contributed by atoms with Gasteiger partial charge in [0.15, 0.2) is 5.69 Å². The monoisotopic (exact) mass is 251 g/mol. The third-order valence-electron chi connectivity index (χ3n) is 3.71. The lowest BCUT2D eigenvalue weighted by molar-refractivity contribution is 0.0671. The van der Waals surface area contributed by atoms with E-state index in [0.29, 0.717) is 18.3 Å². The number of hydrogen-bond donors (Lipinski definition) is 2. The van der Waals surface area contributed by atoms with Crippen molar-refractivity contribution in [2.75, 3.05) is 26.2 Å². The molecule has 7 nitrogen and oxygen atoms in total. The van der Waals surface area contributed by atoms with E-state index in [4.69, 9.17) is 0 Å². The van der Waals surface area contributed by atoms with E-state index < -0.39 is 0 Å². The second-order valence-electron chi connectivity index (χ2n) is 4.87. The summed E-state index contributed by atoms with van der Waals surface area (Å²) in [4.78, 5) is 13.9. The number of nitrogens with one attached hydrogen (secondary N) is 1. The predicted molar refractivity (Wildman–Crippen MR) is 63.1 cm³/mol. The van der Waals surface area contributed by atoms with Gasteiger partial charge < -0.3 is 15.3 Å². The molecule has 98 valence electrons. The molecule has 1 amide bonds. The number of likely N-dealkylation sites (tertiary alicyclic amines) is 1. The summed E-state index contributed by atoms with van der Waals surface area (Å²) in [7, 11) is 0. The molecule has 18 heavy (non-hydrogen) atoms. The van der Waals surface area contributed by atoms with Crippen LogP contribution in [-0.4, -0.2) is 63.2 Å². The zero-order chi connectivity index (χ0) is 12.5. The summed E-state index contributed by atoms with van der Waals surface area (Å²) in [6.45, 7) is 2.47. The Bertz CT molecular complexity index is 442. The standard InChI is InChI=1S/C11H17N5O2/c17-7-8-2-1-3-15(8)11(18)10-6-16(14-13-10)9-4-12-5-9/h6,8-9,12,17H,1-5,7H2. The van der Waals surface area contributed by atoms with Crippen LogP contribution in [0, 0.1) is 0 Å². The largest absolute Gasteiger partial charge is 0.394 e. The summed E-state index contributed by atoms with van der Waals surface area (Å²) >= 11 is 0. The summed E-state index contributed by atoms with van der Waals surface area (Å²) in [6.07, 6.45) is 3.52. The van der Waals surface area contributed by atoms with Gasteiger partial charge in [-0.3, -0.25) is 4.79 Å². The number of hydrogen-bond acceptors (Lipinski definition) is 5. The van der Waals surface area contributed by atoms with E-state index in [9.17, 15) is 9.90 Å². The van der Waals surface area contributed by atoms with Crippen molar-refractivity contribution in [1.82, 2.24) is 25.2 Å². The first kappa shape index (κ1) is 11.6. The molecule has 1 aromatic rings. The molecule has 0 saturated carbocycles. The smallest absolute Gasteiger partial charge is 0.276 e. The quantitative estimate of drug-likeness (QED) is 0.721. The average molecular weight is 251 g/mol. The van der Waals surface area contributed by atoms with Crippen LogP contribution < -0.4 is 5.32 Å². The zero-order valence-electron chi connectivity index (χ0n) is 10.1. The van der Waals surface area contributed by atoms with Crippen LogP contribution >= 0.6 is 0 Å². The fourth-order valence-electron chi connectivity index (χ4n) is 2.45. The van der Waals surface area contributed by atoms with Gasteiger partial charge in [-0.25, -0.2) is 4.68 Å². The van der Waals surface area contributed by atoms with Crippen molar-refractivity contribution < 1.29 is 9.90 Å². The van der Waals surface area contributed by atoms with E-state index in [-0.39, 0.29) is 18.6 Å². The van der Waals surface area contributed by atoms with Gasteiger partial charge in [0.05, 0.1) is 24.9 Å².